The van der Waals surface area contributed by atoms with E-state index in [1.165, 1.54) is 11.8 Å². The molecule has 1 heterocycles. The number of carbonyl (C=O) groups excluding carboxylic acids is 1. The van der Waals surface area contributed by atoms with Crippen molar-refractivity contribution >= 4 is 51.2 Å². The first-order valence-electron chi connectivity index (χ1n) is 9.04. The summed E-state index contributed by atoms with van der Waals surface area (Å²) in [7, 11) is 0. The third-order valence-corrected chi connectivity index (χ3v) is 5.89. The number of nitrogens with zero attached hydrogens (tertiary/aromatic N) is 2. The molecule has 0 amide bonds. The van der Waals surface area contributed by atoms with Gasteiger partial charge in [-0.05, 0) is 53.3 Å². The van der Waals surface area contributed by atoms with Crippen LogP contribution in [0.1, 0.15) is 25.8 Å². The van der Waals surface area contributed by atoms with Crippen LogP contribution < -0.4 is 5.56 Å². The molecule has 1 atom stereocenters. The van der Waals surface area contributed by atoms with Crippen LogP contribution in [0.3, 0.4) is 0 Å². The van der Waals surface area contributed by atoms with Crippen LogP contribution in [0.4, 0.5) is 0 Å². The summed E-state index contributed by atoms with van der Waals surface area (Å²) in [4.78, 5) is 29.8. The molecule has 28 heavy (non-hydrogen) atoms. The van der Waals surface area contributed by atoms with Crippen molar-refractivity contribution in [3.63, 3.8) is 0 Å². The summed E-state index contributed by atoms with van der Waals surface area (Å²) in [6, 6.07) is 15.5. The summed E-state index contributed by atoms with van der Waals surface area (Å²) >= 11 is 3.62. The molecule has 0 bridgehead atoms. The molecule has 0 radical (unpaired) electrons. The van der Waals surface area contributed by atoms with E-state index in [4.69, 9.17) is 9.72 Å². The number of hydrogen-bond acceptors (Lipinski definition) is 5. The van der Waals surface area contributed by atoms with Crippen molar-refractivity contribution in [2.24, 2.45) is 0 Å². The van der Waals surface area contributed by atoms with Crippen LogP contribution in [0.25, 0.3) is 10.9 Å². The maximum Gasteiger partial charge on any atom is 0.306 e. The second kappa shape index (κ2) is 9.56. The van der Waals surface area contributed by atoms with Crippen molar-refractivity contribution in [3.8, 4) is 0 Å². The Morgan fingerprint density at radius 2 is 2.00 bits per heavy atom. The van der Waals surface area contributed by atoms with Crippen molar-refractivity contribution in [1.29, 1.82) is 0 Å². The zero-order valence-electron chi connectivity index (χ0n) is 15.7. The summed E-state index contributed by atoms with van der Waals surface area (Å²) in [6.45, 7) is 4.53. The minimum absolute atomic E-state index is 0.0609. The highest BCUT2D eigenvalue weighted by molar-refractivity contribution is 14.1. The van der Waals surface area contributed by atoms with Gasteiger partial charge in [0.1, 0.15) is 0 Å². The first-order valence-corrected chi connectivity index (χ1v) is 11.0. The lowest BCUT2D eigenvalue weighted by Crippen LogP contribution is -2.25. The average Bonchev–Trinajstić information content (AvgIpc) is 2.66. The molecule has 0 aliphatic rings. The number of halogens is 1. The Kier molecular flexibility index (Phi) is 7.12. The lowest BCUT2D eigenvalue weighted by Gasteiger charge is -2.16. The highest BCUT2D eigenvalue weighted by Crippen LogP contribution is 2.25. The Balaban J connectivity index is 2.01. The number of carbonyl (C=O) groups is 1. The second-order valence-electron chi connectivity index (χ2n) is 6.37. The molecule has 0 saturated carbocycles. The van der Waals surface area contributed by atoms with Gasteiger partial charge >= 0.3 is 5.97 Å². The van der Waals surface area contributed by atoms with Crippen LogP contribution in [0.5, 0.6) is 0 Å². The fourth-order valence-corrected chi connectivity index (χ4v) is 4.34. The molecule has 0 aliphatic carbocycles. The number of fused-ring (bicyclic) bond motifs is 1. The Labute approximate surface area is 181 Å². The maximum absolute atomic E-state index is 13.2. The highest BCUT2D eigenvalue weighted by atomic mass is 127. The van der Waals surface area contributed by atoms with Gasteiger partial charge in [-0.1, -0.05) is 49.0 Å². The molecule has 3 rings (SSSR count). The molecule has 0 fully saturated rings. The number of aromatic nitrogens is 2. The SMILES string of the molecule is CCOC(=O)CC(C)Sc1nc2ccc(I)cc2c(=O)n1Cc1ccccc1. The van der Waals surface area contributed by atoms with Crippen LogP contribution in [-0.2, 0) is 16.1 Å². The van der Waals surface area contributed by atoms with E-state index in [0.29, 0.717) is 29.2 Å². The van der Waals surface area contributed by atoms with Gasteiger partial charge < -0.3 is 4.74 Å². The summed E-state index contributed by atoms with van der Waals surface area (Å²) in [6.07, 6.45) is 0.268. The van der Waals surface area contributed by atoms with Crippen LogP contribution >= 0.6 is 34.4 Å². The van der Waals surface area contributed by atoms with Gasteiger partial charge in [0.15, 0.2) is 5.16 Å². The lowest BCUT2D eigenvalue weighted by molar-refractivity contribution is -0.142. The molecule has 3 aromatic rings. The third-order valence-electron chi connectivity index (χ3n) is 4.13. The lowest BCUT2D eigenvalue weighted by atomic mass is 10.2. The average molecular weight is 508 g/mol. The molecule has 0 aliphatic heterocycles. The molecule has 2 aromatic carbocycles. The van der Waals surface area contributed by atoms with E-state index in [2.05, 4.69) is 22.6 Å². The number of hydrogen-bond donors (Lipinski definition) is 0. The summed E-state index contributed by atoms with van der Waals surface area (Å²) in [5.74, 6) is -0.241. The maximum atomic E-state index is 13.2. The molecule has 0 spiro atoms. The van der Waals surface area contributed by atoms with E-state index >= 15 is 0 Å². The fraction of sp³-hybridized carbons (Fsp3) is 0.286. The van der Waals surface area contributed by atoms with E-state index in [-0.39, 0.29) is 23.2 Å². The molecule has 0 N–H and O–H groups in total. The first-order chi connectivity index (χ1) is 13.5. The number of rotatable bonds is 7. The van der Waals surface area contributed by atoms with Crippen molar-refractivity contribution in [2.45, 2.75) is 37.2 Å². The highest BCUT2D eigenvalue weighted by Gasteiger charge is 2.17. The predicted molar refractivity (Wildman–Crippen MR) is 121 cm³/mol. The molecule has 0 saturated heterocycles. The van der Waals surface area contributed by atoms with E-state index in [1.54, 1.807) is 11.5 Å². The van der Waals surface area contributed by atoms with E-state index in [1.807, 2.05) is 55.5 Å². The summed E-state index contributed by atoms with van der Waals surface area (Å²) in [5.41, 5.74) is 1.62. The van der Waals surface area contributed by atoms with Gasteiger partial charge in [-0.3, -0.25) is 14.2 Å². The van der Waals surface area contributed by atoms with Crippen molar-refractivity contribution < 1.29 is 9.53 Å². The minimum atomic E-state index is -0.241. The van der Waals surface area contributed by atoms with Crippen molar-refractivity contribution in [1.82, 2.24) is 9.55 Å². The molecule has 1 aromatic heterocycles. The molecule has 7 heteroatoms. The molecular formula is C21H21IN2O3S. The zero-order valence-corrected chi connectivity index (χ0v) is 18.7. The second-order valence-corrected chi connectivity index (χ2v) is 9.02. The quantitative estimate of drug-likeness (QED) is 0.204. The standard InChI is InChI=1S/C21H21IN2O3S/c1-3-27-19(25)11-14(2)28-21-23-18-10-9-16(22)12-17(18)20(26)24(21)13-15-7-5-4-6-8-15/h4-10,12,14H,3,11,13H2,1-2H3. The van der Waals surface area contributed by atoms with Gasteiger partial charge in [0, 0.05) is 8.82 Å². The number of ether oxygens (including phenoxy) is 1. The van der Waals surface area contributed by atoms with E-state index in [9.17, 15) is 9.59 Å². The number of thioether (sulfide) groups is 1. The zero-order chi connectivity index (χ0) is 20.1. The normalized spacial score (nSPS) is 12.1. The van der Waals surface area contributed by atoms with E-state index in [0.717, 1.165) is 9.13 Å². The minimum Gasteiger partial charge on any atom is -0.466 e. The van der Waals surface area contributed by atoms with Crippen LogP contribution in [0.2, 0.25) is 0 Å². The largest absolute Gasteiger partial charge is 0.466 e. The Hall–Kier alpha value is -1.87. The van der Waals surface area contributed by atoms with Gasteiger partial charge in [-0.2, -0.15) is 0 Å². The number of benzene rings is 2. The van der Waals surface area contributed by atoms with Crippen LogP contribution in [-0.4, -0.2) is 27.4 Å². The Morgan fingerprint density at radius 1 is 1.25 bits per heavy atom. The topological polar surface area (TPSA) is 61.2 Å². The van der Waals surface area contributed by atoms with Gasteiger partial charge in [-0.15, -0.1) is 0 Å². The van der Waals surface area contributed by atoms with Gasteiger partial charge in [-0.25, -0.2) is 4.98 Å². The summed E-state index contributed by atoms with van der Waals surface area (Å²) < 4.78 is 7.73. The number of esters is 1. The van der Waals surface area contributed by atoms with Gasteiger partial charge in [0.05, 0.1) is 30.5 Å². The van der Waals surface area contributed by atoms with Crippen LogP contribution in [0, 0.1) is 3.57 Å². The molecule has 146 valence electrons. The Morgan fingerprint density at radius 3 is 2.71 bits per heavy atom. The fourth-order valence-electron chi connectivity index (χ4n) is 2.84. The van der Waals surface area contributed by atoms with Gasteiger partial charge in [0.25, 0.3) is 5.56 Å². The van der Waals surface area contributed by atoms with Crippen molar-refractivity contribution in [2.75, 3.05) is 6.61 Å². The monoisotopic (exact) mass is 508 g/mol. The van der Waals surface area contributed by atoms with Crippen LogP contribution in [0.15, 0.2) is 58.5 Å². The third kappa shape index (κ3) is 5.14. The first kappa shape index (κ1) is 20.9. The molecule has 1 unspecified atom stereocenters. The predicted octanol–water partition coefficient (Wildman–Crippen LogP) is 4.48. The molecular weight excluding hydrogens is 487 g/mol. The summed E-state index contributed by atoms with van der Waals surface area (Å²) in [5, 5.41) is 1.15. The van der Waals surface area contributed by atoms with E-state index < -0.39 is 0 Å². The molecule has 5 nitrogen and oxygen atoms in total. The van der Waals surface area contributed by atoms with Gasteiger partial charge in [0.2, 0.25) is 0 Å². The smallest absolute Gasteiger partial charge is 0.306 e. The van der Waals surface area contributed by atoms with Crippen molar-refractivity contribution in [3.05, 3.63) is 68.0 Å². The Bertz CT molecular complexity index is 1040.